The van der Waals surface area contributed by atoms with Crippen LogP contribution in [-0.4, -0.2) is 18.4 Å². The number of hydrogen-bond acceptors (Lipinski definition) is 5. The zero-order chi connectivity index (χ0) is 12.3. The van der Waals surface area contributed by atoms with Crippen LogP contribution in [0.15, 0.2) is 24.3 Å². The monoisotopic (exact) mass is 233 g/mol. The second-order valence-electron chi connectivity index (χ2n) is 3.81. The van der Waals surface area contributed by atoms with Crippen LogP contribution in [0, 0.1) is 11.3 Å². The van der Waals surface area contributed by atoms with Gasteiger partial charge < -0.3 is 4.74 Å². The van der Waals surface area contributed by atoms with Crippen molar-refractivity contribution in [2.24, 2.45) is 0 Å². The van der Waals surface area contributed by atoms with Crippen molar-refractivity contribution in [2.45, 2.75) is 25.4 Å². The maximum atomic E-state index is 10.8. The van der Waals surface area contributed by atoms with E-state index in [2.05, 4.69) is 0 Å². The molecule has 5 heteroatoms. The fraction of sp³-hybridized carbons (Fsp3) is 0.333. The highest BCUT2D eigenvalue weighted by Crippen LogP contribution is 2.26. The van der Waals surface area contributed by atoms with Crippen molar-refractivity contribution < 1.29 is 19.3 Å². The molecule has 0 aromatic heterocycles. The first-order valence-corrected chi connectivity index (χ1v) is 5.13. The van der Waals surface area contributed by atoms with Crippen LogP contribution in [0.1, 0.15) is 22.8 Å². The SMILES string of the molecule is CC1(C#N)OOC(Cc2ccccc2C=O)O1. The van der Waals surface area contributed by atoms with E-state index in [0.717, 1.165) is 11.8 Å². The molecule has 1 aromatic carbocycles. The standard InChI is InChI=1S/C12H11NO4/c1-12(8-13)15-11(16-17-12)6-9-4-2-3-5-10(9)7-14/h2-5,7,11H,6H2,1H3. The van der Waals surface area contributed by atoms with E-state index in [1.165, 1.54) is 6.92 Å². The molecule has 2 unspecified atom stereocenters. The maximum Gasteiger partial charge on any atom is 0.288 e. The molecule has 0 aliphatic carbocycles. The van der Waals surface area contributed by atoms with E-state index < -0.39 is 12.1 Å². The summed E-state index contributed by atoms with van der Waals surface area (Å²) in [6.45, 7) is 1.47. The number of hydrogen-bond donors (Lipinski definition) is 0. The Balaban J connectivity index is 2.08. The van der Waals surface area contributed by atoms with Crippen molar-refractivity contribution in [1.82, 2.24) is 0 Å². The largest absolute Gasteiger partial charge is 0.303 e. The third-order valence-electron chi connectivity index (χ3n) is 2.44. The van der Waals surface area contributed by atoms with Crippen molar-refractivity contribution in [2.75, 3.05) is 0 Å². The summed E-state index contributed by atoms with van der Waals surface area (Å²) in [5.41, 5.74) is 1.36. The molecule has 0 amide bonds. The number of carbonyl (C=O) groups excluding carboxylic acids is 1. The summed E-state index contributed by atoms with van der Waals surface area (Å²) in [5.74, 6) is -1.37. The average Bonchev–Trinajstić information content (AvgIpc) is 2.73. The van der Waals surface area contributed by atoms with E-state index in [1.54, 1.807) is 18.2 Å². The third kappa shape index (κ3) is 2.50. The quantitative estimate of drug-likeness (QED) is 0.585. The van der Waals surface area contributed by atoms with Gasteiger partial charge in [0.25, 0.3) is 5.79 Å². The lowest BCUT2D eigenvalue weighted by molar-refractivity contribution is -0.310. The van der Waals surface area contributed by atoms with E-state index in [-0.39, 0.29) is 0 Å². The van der Waals surface area contributed by atoms with Crippen molar-refractivity contribution in [3.05, 3.63) is 35.4 Å². The lowest BCUT2D eigenvalue weighted by Gasteiger charge is -2.10. The van der Waals surface area contributed by atoms with Gasteiger partial charge in [-0.3, -0.25) is 4.79 Å². The van der Waals surface area contributed by atoms with Gasteiger partial charge in [0.1, 0.15) is 12.4 Å². The highest BCUT2D eigenvalue weighted by molar-refractivity contribution is 5.77. The van der Waals surface area contributed by atoms with Crippen LogP contribution in [0.4, 0.5) is 0 Å². The average molecular weight is 233 g/mol. The molecule has 1 fully saturated rings. The topological polar surface area (TPSA) is 68.5 Å². The molecule has 1 saturated heterocycles. The van der Waals surface area contributed by atoms with Gasteiger partial charge in [-0.15, -0.1) is 0 Å². The summed E-state index contributed by atoms with van der Waals surface area (Å²) in [6.07, 6.45) is 0.446. The van der Waals surface area contributed by atoms with Gasteiger partial charge in [-0.1, -0.05) is 24.3 Å². The van der Waals surface area contributed by atoms with Gasteiger partial charge in [0.15, 0.2) is 6.29 Å². The second-order valence-corrected chi connectivity index (χ2v) is 3.81. The molecule has 0 radical (unpaired) electrons. The zero-order valence-corrected chi connectivity index (χ0v) is 9.25. The van der Waals surface area contributed by atoms with Crippen molar-refractivity contribution in [3.8, 4) is 6.07 Å². The molecule has 2 atom stereocenters. The molecule has 0 N–H and O–H groups in total. The first-order valence-electron chi connectivity index (χ1n) is 5.13. The number of carbonyl (C=O) groups is 1. The predicted molar refractivity (Wildman–Crippen MR) is 56.6 cm³/mol. The van der Waals surface area contributed by atoms with Crippen LogP contribution < -0.4 is 0 Å². The molecule has 0 saturated carbocycles. The Morgan fingerprint density at radius 2 is 2.29 bits per heavy atom. The highest BCUT2D eigenvalue weighted by atomic mass is 17.3. The van der Waals surface area contributed by atoms with Crippen LogP contribution in [0.25, 0.3) is 0 Å². The fourth-order valence-corrected chi connectivity index (χ4v) is 1.57. The molecule has 0 bridgehead atoms. The van der Waals surface area contributed by atoms with Crippen molar-refractivity contribution >= 4 is 6.29 Å². The normalized spacial score (nSPS) is 27.6. The minimum absolute atomic E-state index is 0.353. The van der Waals surface area contributed by atoms with Gasteiger partial charge in [-0.05, 0) is 5.56 Å². The van der Waals surface area contributed by atoms with E-state index in [1.807, 2.05) is 12.1 Å². The fourth-order valence-electron chi connectivity index (χ4n) is 1.57. The van der Waals surface area contributed by atoms with Gasteiger partial charge in [-0.2, -0.15) is 15.0 Å². The first kappa shape index (κ1) is 11.7. The minimum Gasteiger partial charge on any atom is -0.303 e. The molecule has 0 spiro atoms. The molecular formula is C12H11NO4. The third-order valence-corrected chi connectivity index (χ3v) is 2.44. The number of aldehydes is 1. The summed E-state index contributed by atoms with van der Waals surface area (Å²) in [5, 5.41) is 8.77. The van der Waals surface area contributed by atoms with Gasteiger partial charge in [0.2, 0.25) is 0 Å². The Kier molecular flexibility index (Phi) is 3.20. The van der Waals surface area contributed by atoms with Gasteiger partial charge in [0.05, 0.1) is 0 Å². The Labute approximate surface area is 98.4 Å². The van der Waals surface area contributed by atoms with Gasteiger partial charge in [0, 0.05) is 18.9 Å². The molecule has 1 aliphatic rings. The molecule has 2 rings (SSSR count). The predicted octanol–water partition coefficient (Wildman–Crippen LogP) is 1.59. The van der Waals surface area contributed by atoms with Gasteiger partial charge in [-0.25, -0.2) is 0 Å². The lowest BCUT2D eigenvalue weighted by Crippen LogP contribution is -2.24. The zero-order valence-electron chi connectivity index (χ0n) is 9.25. The van der Waals surface area contributed by atoms with E-state index in [0.29, 0.717) is 12.0 Å². The van der Waals surface area contributed by atoms with Crippen LogP contribution in [-0.2, 0) is 20.9 Å². The molecule has 1 heterocycles. The van der Waals surface area contributed by atoms with Crippen molar-refractivity contribution in [3.63, 3.8) is 0 Å². The molecule has 88 valence electrons. The molecular weight excluding hydrogens is 222 g/mol. The lowest BCUT2D eigenvalue weighted by atomic mass is 10.1. The Bertz CT molecular complexity index is 468. The summed E-state index contributed by atoms with van der Waals surface area (Å²) in [6, 6.07) is 8.96. The smallest absolute Gasteiger partial charge is 0.288 e. The van der Waals surface area contributed by atoms with E-state index >= 15 is 0 Å². The first-order chi connectivity index (χ1) is 8.17. The maximum absolute atomic E-state index is 10.8. The number of nitrogens with zero attached hydrogens (tertiary/aromatic N) is 1. The number of benzene rings is 1. The Morgan fingerprint density at radius 3 is 2.94 bits per heavy atom. The summed E-state index contributed by atoms with van der Waals surface area (Å²) in [4.78, 5) is 20.5. The number of nitriles is 1. The highest BCUT2D eigenvalue weighted by Gasteiger charge is 2.39. The molecule has 17 heavy (non-hydrogen) atoms. The Morgan fingerprint density at radius 1 is 1.53 bits per heavy atom. The van der Waals surface area contributed by atoms with E-state index in [4.69, 9.17) is 19.8 Å². The van der Waals surface area contributed by atoms with Crippen LogP contribution in [0.2, 0.25) is 0 Å². The van der Waals surface area contributed by atoms with Crippen LogP contribution >= 0.6 is 0 Å². The minimum atomic E-state index is -1.37. The number of rotatable bonds is 3. The van der Waals surface area contributed by atoms with Crippen LogP contribution in [0.5, 0.6) is 0 Å². The molecule has 1 aromatic rings. The van der Waals surface area contributed by atoms with Gasteiger partial charge >= 0.3 is 0 Å². The summed E-state index contributed by atoms with van der Waals surface area (Å²) in [7, 11) is 0. The van der Waals surface area contributed by atoms with Crippen LogP contribution in [0.3, 0.4) is 0 Å². The van der Waals surface area contributed by atoms with Crippen molar-refractivity contribution in [1.29, 1.82) is 5.26 Å². The van der Waals surface area contributed by atoms with E-state index in [9.17, 15) is 4.79 Å². The second kappa shape index (κ2) is 4.63. The molecule has 1 aliphatic heterocycles. The summed E-state index contributed by atoms with van der Waals surface area (Å²) >= 11 is 0. The Hall–Kier alpha value is -1.74. The summed E-state index contributed by atoms with van der Waals surface area (Å²) < 4.78 is 5.28. The molecule has 5 nitrogen and oxygen atoms in total. The number of ether oxygens (including phenoxy) is 1.